The SMILES string of the molecule is C(=C(\OCCCCN1CCCC1)c1ccccc1)/c1ccccc1. The van der Waals surface area contributed by atoms with Gasteiger partial charge >= 0.3 is 0 Å². The standard InChI is InChI=1S/C22H27NO/c1-3-11-20(12-4-1)19-22(21-13-5-2-6-14-21)24-18-10-9-17-23-15-7-8-16-23/h1-6,11-14,19H,7-10,15-18H2/b22-19+. The average molecular weight is 321 g/mol. The van der Waals surface area contributed by atoms with Crippen LogP contribution in [0.4, 0.5) is 0 Å². The number of ether oxygens (including phenoxy) is 1. The van der Waals surface area contributed by atoms with Crippen molar-refractivity contribution >= 4 is 11.8 Å². The maximum atomic E-state index is 6.14. The Labute approximate surface area is 145 Å². The third-order valence-corrected chi connectivity index (χ3v) is 4.48. The first-order valence-electron chi connectivity index (χ1n) is 9.09. The van der Waals surface area contributed by atoms with Crippen LogP contribution in [-0.2, 0) is 4.74 Å². The van der Waals surface area contributed by atoms with Gasteiger partial charge in [-0.05, 0) is 57.0 Å². The van der Waals surface area contributed by atoms with Crippen LogP contribution in [0.5, 0.6) is 0 Å². The highest BCUT2D eigenvalue weighted by atomic mass is 16.5. The molecule has 0 amide bonds. The number of rotatable bonds is 8. The van der Waals surface area contributed by atoms with Gasteiger partial charge in [0, 0.05) is 5.56 Å². The van der Waals surface area contributed by atoms with Gasteiger partial charge in [0.25, 0.3) is 0 Å². The number of nitrogens with zero attached hydrogens (tertiary/aromatic N) is 1. The summed E-state index contributed by atoms with van der Waals surface area (Å²) in [6.07, 6.45) is 7.20. The fourth-order valence-electron chi connectivity index (χ4n) is 3.14. The van der Waals surface area contributed by atoms with Crippen LogP contribution in [0.15, 0.2) is 60.7 Å². The smallest absolute Gasteiger partial charge is 0.127 e. The lowest BCUT2D eigenvalue weighted by atomic mass is 10.1. The highest BCUT2D eigenvalue weighted by molar-refractivity contribution is 5.77. The van der Waals surface area contributed by atoms with Gasteiger partial charge in [0.05, 0.1) is 6.61 Å². The maximum absolute atomic E-state index is 6.14. The Bertz CT molecular complexity index is 615. The van der Waals surface area contributed by atoms with E-state index in [1.54, 1.807) is 0 Å². The van der Waals surface area contributed by atoms with Crippen LogP contribution in [0.2, 0.25) is 0 Å². The summed E-state index contributed by atoms with van der Waals surface area (Å²) >= 11 is 0. The van der Waals surface area contributed by atoms with Crippen molar-refractivity contribution < 1.29 is 4.74 Å². The Kier molecular flexibility index (Phi) is 6.50. The Hall–Kier alpha value is -2.06. The molecule has 1 fully saturated rings. The van der Waals surface area contributed by atoms with Crippen molar-refractivity contribution in [2.24, 2.45) is 0 Å². The molecule has 1 aliphatic heterocycles. The van der Waals surface area contributed by atoms with E-state index in [0.29, 0.717) is 0 Å². The van der Waals surface area contributed by atoms with Gasteiger partial charge < -0.3 is 9.64 Å². The molecule has 2 nitrogen and oxygen atoms in total. The molecule has 0 bridgehead atoms. The monoisotopic (exact) mass is 321 g/mol. The third kappa shape index (κ3) is 5.24. The summed E-state index contributed by atoms with van der Waals surface area (Å²) in [6.45, 7) is 4.56. The topological polar surface area (TPSA) is 12.5 Å². The Morgan fingerprint density at radius 1 is 0.875 bits per heavy atom. The molecule has 1 heterocycles. The Balaban J connectivity index is 1.55. The van der Waals surface area contributed by atoms with E-state index < -0.39 is 0 Å². The quantitative estimate of drug-likeness (QED) is 0.382. The predicted octanol–water partition coefficient (Wildman–Crippen LogP) is 5.08. The van der Waals surface area contributed by atoms with Crippen molar-refractivity contribution in [1.29, 1.82) is 0 Å². The fraction of sp³-hybridized carbons (Fsp3) is 0.364. The van der Waals surface area contributed by atoms with Crippen LogP contribution in [-0.4, -0.2) is 31.1 Å². The van der Waals surface area contributed by atoms with Gasteiger partial charge in [-0.15, -0.1) is 0 Å². The van der Waals surface area contributed by atoms with Crippen LogP contribution < -0.4 is 0 Å². The summed E-state index contributed by atoms with van der Waals surface area (Å²) in [5.74, 6) is 0.961. The second kappa shape index (κ2) is 9.29. The molecule has 0 N–H and O–H groups in total. The summed E-state index contributed by atoms with van der Waals surface area (Å²) in [5, 5.41) is 0. The minimum atomic E-state index is 0.779. The number of unbranched alkanes of at least 4 members (excludes halogenated alkanes) is 1. The number of hydrogen-bond acceptors (Lipinski definition) is 2. The van der Waals surface area contributed by atoms with E-state index in [9.17, 15) is 0 Å². The van der Waals surface area contributed by atoms with E-state index >= 15 is 0 Å². The average Bonchev–Trinajstić information content (AvgIpc) is 3.15. The largest absolute Gasteiger partial charge is 0.493 e. The van der Waals surface area contributed by atoms with Crippen molar-refractivity contribution in [3.8, 4) is 0 Å². The van der Waals surface area contributed by atoms with Crippen LogP contribution in [0.3, 0.4) is 0 Å². The zero-order valence-corrected chi connectivity index (χ0v) is 14.4. The molecular formula is C22H27NO. The van der Waals surface area contributed by atoms with Gasteiger partial charge in [0.2, 0.25) is 0 Å². The molecule has 0 atom stereocenters. The first-order valence-corrected chi connectivity index (χ1v) is 9.09. The van der Waals surface area contributed by atoms with E-state index in [0.717, 1.165) is 24.4 Å². The molecule has 126 valence electrons. The van der Waals surface area contributed by atoms with Crippen molar-refractivity contribution in [1.82, 2.24) is 4.90 Å². The molecule has 1 aliphatic rings. The first-order chi connectivity index (χ1) is 11.9. The van der Waals surface area contributed by atoms with Crippen molar-refractivity contribution in [3.63, 3.8) is 0 Å². The van der Waals surface area contributed by atoms with Crippen molar-refractivity contribution in [2.45, 2.75) is 25.7 Å². The second-order valence-corrected chi connectivity index (χ2v) is 6.39. The molecule has 0 aliphatic carbocycles. The number of likely N-dealkylation sites (tertiary alicyclic amines) is 1. The summed E-state index contributed by atoms with van der Waals surface area (Å²) in [5.41, 5.74) is 2.31. The zero-order valence-electron chi connectivity index (χ0n) is 14.4. The molecule has 0 saturated carbocycles. The summed E-state index contributed by atoms with van der Waals surface area (Å²) in [7, 11) is 0. The molecule has 2 aromatic carbocycles. The molecule has 0 aromatic heterocycles. The fourth-order valence-corrected chi connectivity index (χ4v) is 3.14. The van der Waals surface area contributed by atoms with Gasteiger partial charge in [-0.2, -0.15) is 0 Å². The lowest BCUT2D eigenvalue weighted by Gasteiger charge is -2.15. The zero-order chi connectivity index (χ0) is 16.5. The van der Waals surface area contributed by atoms with Gasteiger partial charge in [-0.3, -0.25) is 0 Å². The van der Waals surface area contributed by atoms with Crippen molar-refractivity contribution in [2.75, 3.05) is 26.2 Å². The van der Waals surface area contributed by atoms with Gasteiger partial charge in [0.15, 0.2) is 0 Å². The molecule has 1 saturated heterocycles. The van der Waals surface area contributed by atoms with E-state index in [2.05, 4.69) is 59.5 Å². The summed E-state index contributed by atoms with van der Waals surface area (Å²) < 4.78 is 6.14. The maximum Gasteiger partial charge on any atom is 0.127 e. The lowest BCUT2D eigenvalue weighted by molar-refractivity contribution is 0.254. The lowest BCUT2D eigenvalue weighted by Crippen LogP contribution is -2.20. The molecule has 0 spiro atoms. The number of hydrogen-bond donors (Lipinski definition) is 0. The molecule has 3 rings (SSSR count). The minimum Gasteiger partial charge on any atom is -0.493 e. The van der Waals surface area contributed by atoms with E-state index in [-0.39, 0.29) is 0 Å². The van der Waals surface area contributed by atoms with Crippen LogP contribution in [0.25, 0.3) is 11.8 Å². The highest BCUT2D eigenvalue weighted by Gasteiger charge is 2.10. The van der Waals surface area contributed by atoms with Gasteiger partial charge in [0.1, 0.15) is 5.76 Å². The molecule has 0 radical (unpaired) electrons. The predicted molar refractivity (Wildman–Crippen MR) is 102 cm³/mol. The van der Waals surface area contributed by atoms with Crippen molar-refractivity contribution in [3.05, 3.63) is 71.8 Å². The van der Waals surface area contributed by atoms with E-state index in [1.165, 1.54) is 44.5 Å². The molecule has 0 unspecified atom stereocenters. The summed E-state index contributed by atoms with van der Waals surface area (Å²) in [6, 6.07) is 20.8. The highest BCUT2D eigenvalue weighted by Crippen LogP contribution is 2.20. The van der Waals surface area contributed by atoms with Crippen LogP contribution >= 0.6 is 0 Å². The Morgan fingerprint density at radius 3 is 2.25 bits per heavy atom. The van der Waals surface area contributed by atoms with Crippen LogP contribution in [0, 0.1) is 0 Å². The molecule has 2 aromatic rings. The molecule has 24 heavy (non-hydrogen) atoms. The first kappa shape index (κ1) is 16.8. The number of benzene rings is 2. The van der Waals surface area contributed by atoms with Gasteiger partial charge in [-0.1, -0.05) is 60.7 Å². The van der Waals surface area contributed by atoms with Gasteiger partial charge in [-0.25, -0.2) is 0 Å². The second-order valence-electron chi connectivity index (χ2n) is 6.39. The third-order valence-electron chi connectivity index (χ3n) is 4.48. The normalized spacial score (nSPS) is 15.6. The van der Waals surface area contributed by atoms with Crippen LogP contribution in [0.1, 0.15) is 36.8 Å². The van der Waals surface area contributed by atoms with E-state index in [4.69, 9.17) is 4.74 Å². The summed E-state index contributed by atoms with van der Waals surface area (Å²) in [4.78, 5) is 2.57. The Morgan fingerprint density at radius 2 is 1.54 bits per heavy atom. The molecule has 2 heteroatoms. The molecular weight excluding hydrogens is 294 g/mol. The minimum absolute atomic E-state index is 0.779. The van der Waals surface area contributed by atoms with E-state index in [1.807, 2.05) is 12.1 Å².